The summed E-state index contributed by atoms with van der Waals surface area (Å²) >= 11 is 7.73. The summed E-state index contributed by atoms with van der Waals surface area (Å²) in [6.07, 6.45) is 1.77. The Morgan fingerprint density at radius 3 is 2.81 bits per heavy atom. The lowest BCUT2D eigenvalue weighted by atomic mass is 10.1. The number of benzene rings is 1. The van der Waals surface area contributed by atoms with Crippen LogP contribution in [-0.4, -0.2) is 75.7 Å². The molecule has 0 radical (unpaired) electrons. The first-order valence-corrected chi connectivity index (χ1v) is 13.8. The monoisotopic (exact) mass is 570 g/mol. The number of esters is 1. The predicted octanol–water partition coefficient (Wildman–Crippen LogP) is 3.62. The van der Waals surface area contributed by atoms with Gasteiger partial charge in [0.1, 0.15) is 15.6 Å². The summed E-state index contributed by atoms with van der Waals surface area (Å²) in [5.74, 6) is -1.57. The Bertz CT molecular complexity index is 1240. The minimum atomic E-state index is -0.872. The molecule has 0 bridgehead atoms. The Balaban J connectivity index is 1.34. The van der Waals surface area contributed by atoms with Crippen molar-refractivity contribution in [2.75, 3.05) is 19.8 Å². The van der Waals surface area contributed by atoms with Crippen molar-refractivity contribution in [3.8, 4) is 16.3 Å². The number of rotatable bonds is 8. The van der Waals surface area contributed by atoms with Crippen molar-refractivity contribution in [3.05, 3.63) is 28.0 Å². The number of imide groups is 1. The van der Waals surface area contributed by atoms with E-state index in [2.05, 4.69) is 19.4 Å². The van der Waals surface area contributed by atoms with Gasteiger partial charge in [0.25, 0.3) is 5.91 Å². The largest absolute Gasteiger partial charge is 0.467 e. The number of carbonyl (C=O) groups is 3. The summed E-state index contributed by atoms with van der Waals surface area (Å²) in [6, 6.07) is 2.36. The van der Waals surface area contributed by atoms with Crippen LogP contribution in [0.1, 0.15) is 37.1 Å². The van der Waals surface area contributed by atoms with E-state index in [1.54, 1.807) is 4.90 Å². The second-order valence-electron chi connectivity index (χ2n) is 9.01. The molecular weight excluding hydrogens is 546 g/mol. The van der Waals surface area contributed by atoms with Gasteiger partial charge in [-0.1, -0.05) is 22.9 Å². The van der Waals surface area contributed by atoms with Gasteiger partial charge in [0.05, 0.1) is 18.7 Å². The molecule has 198 valence electrons. The van der Waals surface area contributed by atoms with Crippen molar-refractivity contribution < 1.29 is 33.0 Å². The summed E-state index contributed by atoms with van der Waals surface area (Å²) < 4.78 is 30.8. The molecule has 10 nitrogen and oxygen atoms in total. The highest BCUT2D eigenvalue weighted by atomic mass is 35.5. The molecule has 3 unspecified atom stereocenters. The molecule has 3 aliphatic rings. The van der Waals surface area contributed by atoms with Gasteiger partial charge in [0.15, 0.2) is 17.7 Å². The number of hydrogen-bond donors (Lipinski definition) is 0. The number of ether oxygens (including phenoxy) is 3. The molecule has 3 fully saturated rings. The number of nitrogens with zero attached hydrogens (tertiary/aromatic N) is 4. The first kappa shape index (κ1) is 26.2. The van der Waals surface area contributed by atoms with Gasteiger partial charge in [-0.25, -0.2) is 14.0 Å². The molecule has 3 heterocycles. The van der Waals surface area contributed by atoms with E-state index in [1.807, 2.05) is 0 Å². The zero-order valence-corrected chi connectivity index (χ0v) is 22.7. The average molecular weight is 571 g/mol. The molecular formula is C23H25ClFN4O6PS. The van der Waals surface area contributed by atoms with Crippen LogP contribution in [0.5, 0.6) is 5.75 Å². The molecule has 1 spiro atoms. The first-order chi connectivity index (χ1) is 17.8. The van der Waals surface area contributed by atoms with E-state index in [-0.39, 0.29) is 29.3 Å². The Labute approximate surface area is 223 Å². The molecule has 2 aliphatic heterocycles. The fraction of sp³-hybridized carbons (Fsp3) is 0.522. The third-order valence-corrected chi connectivity index (χ3v) is 8.25. The highest BCUT2D eigenvalue weighted by molar-refractivity contribution is 7.16. The van der Waals surface area contributed by atoms with Gasteiger partial charge in [-0.15, -0.1) is 19.4 Å². The lowest BCUT2D eigenvalue weighted by molar-refractivity contribution is -0.184. The fourth-order valence-electron chi connectivity index (χ4n) is 4.61. The van der Waals surface area contributed by atoms with Crippen molar-refractivity contribution >= 4 is 50.1 Å². The summed E-state index contributed by atoms with van der Waals surface area (Å²) in [5.41, 5.74) is -0.379. The molecule has 3 atom stereocenters. The van der Waals surface area contributed by atoms with Crippen molar-refractivity contribution in [1.29, 1.82) is 0 Å². The smallest absolute Gasteiger partial charge is 0.335 e. The Morgan fingerprint density at radius 1 is 1.32 bits per heavy atom. The normalized spacial score (nSPS) is 22.6. The second-order valence-corrected chi connectivity index (χ2v) is 11.0. The summed E-state index contributed by atoms with van der Waals surface area (Å²) in [6.45, 7) is 0.490. The maximum absolute atomic E-state index is 14.7. The van der Waals surface area contributed by atoms with Crippen molar-refractivity contribution in [2.24, 2.45) is 0 Å². The zero-order valence-electron chi connectivity index (χ0n) is 19.9. The first-order valence-electron chi connectivity index (χ1n) is 11.8. The third-order valence-electron chi connectivity index (χ3n) is 6.67. The van der Waals surface area contributed by atoms with Crippen LogP contribution in [0.25, 0.3) is 10.6 Å². The Morgan fingerprint density at radius 2 is 2.11 bits per heavy atom. The van der Waals surface area contributed by atoms with E-state index in [9.17, 15) is 18.8 Å². The predicted molar refractivity (Wildman–Crippen MR) is 135 cm³/mol. The van der Waals surface area contributed by atoms with Crippen molar-refractivity contribution in [3.63, 3.8) is 0 Å². The van der Waals surface area contributed by atoms with Crippen LogP contribution in [0.15, 0.2) is 12.1 Å². The quantitative estimate of drug-likeness (QED) is 0.269. The molecule has 14 heteroatoms. The van der Waals surface area contributed by atoms with Gasteiger partial charge in [-0.05, 0) is 44.0 Å². The number of amides is 3. The lowest BCUT2D eigenvalue weighted by Crippen LogP contribution is -2.37. The molecule has 37 heavy (non-hydrogen) atoms. The van der Waals surface area contributed by atoms with E-state index >= 15 is 0 Å². The highest BCUT2D eigenvalue weighted by Gasteiger charge is 2.64. The maximum atomic E-state index is 14.7. The molecule has 1 aromatic carbocycles. The highest BCUT2D eigenvalue weighted by Crippen LogP contribution is 2.49. The second kappa shape index (κ2) is 10.4. The third kappa shape index (κ3) is 4.80. The van der Waals surface area contributed by atoms with Crippen LogP contribution in [0.2, 0.25) is 5.02 Å². The van der Waals surface area contributed by atoms with Gasteiger partial charge in [0.2, 0.25) is 6.29 Å². The van der Waals surface area contributed by atoms with E-state index < -0.39 is 29.7 Å². The SMILES string of the molecule is COC(=O)C1CCCC(Oc2c(F)ccc(-c3nnc(CN4C(=O)N(CCP)C(=O)C45CC5)s3)c2Cl)O1. The van der Waals surface area contributed by atoms with E-state index in [4.69, 9.17) is 25.8 Å². The number of halogens is 2. The Hall–Kier alpha value is -2.40. The van der Waals surface area contributed by atoms with Gasteiger partial charge in [-0.2, -0.15) is 0 Å². The standard InChI is InChI=1S/C23H25ClFN4O6PS/c1-33-20(30)14-3-2-4-16(34-14)35-18-13(25)6-5-12(17(18)24)19-27-26-15(37-19)11-29-22(32)28(9-10-36)21(31)23(29)7-8-23/h5-6,14,16H,2-4,7-11,36H2,1H3. The number of aromatic nitrogens is 2. The van der Waals surface area contributed by atoms with Gasteiger partial charge < -0.3 is 19.1 Å². The molecule has 0 N–H and O–H groups in total. The molecule has 1 aromatic heterocycles. The summed E-state index contributed by atoms with van der Waals surface area (Å²) in [7, 11) is 3.80. The van der Waals surface area contributed by atoms with Crippen LogP contribution in [0.3, 0.4) is 0 Å². The van der Waals surface area contributed by atoms with Gasteiger partial charge in [-0.3, -0.25) is 9.69 Å². The van der Waals surface area contributed by atoms with Crippen molar-refractivity contribution in [1.82, 2.24) is 20.0 Å². The average Bonchev–Trinajstić information content (AvgIpc) is 3.53. The topological polar surface area (TPSA) is 111 Å². The van der Waals surface area contributed by atoms with E-state index in [0.717, 1.165) is 0 Å². The van der Waals surface area contributed by atoms with Crippen LogP contribution < -0.4 is 4.74 Å². The molecule has 3 amide bonds. The molecule has 2 aromatic rings. The molecule has 1 saturated carbocycles. The van der Waals surface area contributed by atoms with Crippen LogP contribution >= 0.6 is 32.2 Å². The number of carbonyl (C=O) groups excluding carboxylic acids is 3. The maximum Gasteiger partial charge on any atom is 0.335 e. The van der Waals surface area contributed by atoms with Gasteiger partial charge >= 0.3 is 12.0 Å². The Kier molecular flexibility index (Phi) is 7.37. The number of hydrogen-bond acceptors (Lipinski definition) is 9. The summed E-state index contributed by atoms with van der Waals surface area (Å²) in [4.78, 5) is 40.4. The van der Waals surface area contributed by atoms with Crippen molar-refractivity contribution in [2.45, 2.75) is 56.6 Å². The van der Waals surface area contributed by atoms with Crippen LogP contribution in [-0.2, 0) is 25.6 Å². The molecule has 1 aliphatic carbocycles. The zero-order chi connectivity index (χ0) is 26.3. The number of urea groups is 1. The number of methoxy groups -OCH3 is 1. The van der Waals surface area contributed by atoms with Crippen LogP contribution in [0, 0.1) is 5.82 Å². The van der Waals surface area contributed by atoms with E-state index in [1.165, 1.54) is 35.5 Å². The molecule has 2 saturated heterocycles. The minimum absolute atomic E-state index is 0.01000. The van der Waals surface area contributed by atoms with Gasteiger partial charge in [0, 0.05) is 18.5 Å². The van der Waals surface area contributed by atoms with Crippen LogP contribution in [0.4, 0.5) is 9.18 Å². The summed E-state index contributed by atoms with van der Waals surface area (Å²) in [5, 5.41) is 9.32. The lowest BCUT2D eigenvalue weighted by Gasteiger charge is -2.29. The van der Waals surface area contributed by atoms with E-state index in [0.29, 0.717) is 60.4 Å². The fourth-order valence-corrected chi connectivity index (χ4v) is 6.07. The minimum Gasteiger partial charge on any atom is -0.467 e. The molecule has 5 rings (SSSR count).